The van der Waals surface area contributed by atoms with E-state index in [9.17, 15) is 14.4 Å². The van der Waals surface area contributed by atoms with Crippen molar-refractivity contribution in [2.75, 3.05) is 13.1 Å². The van der Waals surface area contributed by atoms with E-state index in [4.69, 9.17) is 0 Å². The Morgan fingerprint density at radius 2 is 1.50 bits per heavy atom. The Morgan fingerprint density at radius 3 is 2.12 bits per heavy atom. The van der Waals surface area contributed by atoms with E-state index in [2.05, 4.69) is 4.99 Å². The Morgan fingerprint density at radius 1 is 0.906 bits per heavy atom. The summed E-state index contributed by atoms with van der Waals surface area (Å²) in [4.78, 5) is 47.0. The van der Waals surface area contributed by atoms with Gasteiger partial charge in [0, 0.05) is 6.42 Å². The molecule has 1 saturated carbocycles. The molecule has 1 N–H and O–H groups in total. The van der Waals surface area contributed by atoms with Crippen molar-refractivity contribution in [3.63, 3.8) is 0 Å². The van der Waals surface area contributed by atoms with Gasteiger partial charge in [-0.1, -0.05) is 61.4 Å². The summed E-state index contributed by atoms with van der Waals surface area (Å²) in [5.74, 6) is -0.318. The third-order valence-electron chi connectivity index (χ3n) is 6.95. The third-order valence-corrected chi connectivity index (χ3v) is 6.95. The molecule has 0 radical (unpaired) electrons. The lowest BCUT2D eigenvalue weighted by molar-refractivity contribution is -0.444. The van der Waals surface area contributed by atoms with Crippen LogP contribution in [0.15, 0.2) is 60.7 Å². The van der Waals surface area contributed by atoms with Crippen molar-refractivity contribution in [1.82, 2.24) is 9.80 Å². The van der Waals surface area contributed by atoms with Gasteiger partial charge in [0.2, 0.25) is 11.8 Å². The maximum absolute atomic E-state index is 13.9. The van der Waals surface area contributed by atoms with Crippen molar-refractivity contribution in [2.24, 2.45) is 11.8 Å². The highest BCUT2D eigenvalue weighted by Gasteiger charge is 2.54. The average molecular weight is 431 g/mol. The predicted molar refractivity (Wildman–Crippen MR) is 119 cm³/mol. The lowest BCUT2D eigenvalue weighted by Gasteiger charge is -2.27. The maximum Gasteiger partial charge on any atom is 0.333 e. The van der Waals surface area contributed by atoms with Gasteiger partial charge in [-0.2, -0.15) is 4.90 Å². The number of fused-ring (bicyclic) bond motifs is 1. The summed E-state index contributed by atoms with van der Waals surface area (Å²) < 4.78 is 0. The molecule has 164 valence electrons. The number of carbonyl (C=O) groups excluding carboxylic acids is 3. The molecule has 5 rings (SSSR count). The van der Waals surface area contributed by atoms with Crippen LogP contribution in [0.2, 0.25) is 0 Å². The van der Waals surface area contributed by atoms with E-state index >= 15 is 0 Å². The molecule has 0 spiro atoms. The number of likely N-dealkylation sites (tertiary alicyclic amines) is 1. The van der Waals surface area contributed by atoms with Crippen LogP contribution in [0.25, 0.3) is 0 Å². The molecular weight excluding hydrogens is 402 g/mol. The minimum Gasteiger partial charge on any atom is -0.274 e. The maximum atomic E-state index is 13.9. The second-order valence-corrected chi connectivity index (χ2v) is 8.88. The topological polar surface area (TPSA) is 71.7 Å². The molecule has 3 amide bonds. The van der Waals surface area contributed by atoms with Gasteiger partial charge >= 0.3 is 5.91 Å². The first-order valence-corrected chi connectivity index (χ1v) is 11.5. The molecule has 1 saturated heterocycles. The van der Waals surface area contributed by atoms with Gasteiger partial charge < -0.3 is 0 Å². The number of nitrogens with zero attached hydrogens (tertiary/aromatic N) is 2. The number of hydrogen-bond donors (Lipinski definition) is 1. The van der Waals surface area contributed by atoms with Crippen LogP contribution < -0.4 is 4.99 Å². The van der Waals surface area contributed by atoms with Crippen LogP contribution in [-0.4, -0.2) is 52.5 Å². The molecule has 2 aromatic rings. The van der Waals surface area contributed by atoms with E-state index in [1.54, 1.807) is 4.90 Å². The molecule has 3 atom stereocenters. The summed E-state index contributed by atoms with van der Waals surface area (Å²) in [5.41, 5.74) is 1.86. The van der Waals surface area contributed by atoms with Crippen LogP contribution in [0.3, 0.4) is 0 Å². The fraction of sp³-hybridized carbons (Fsp3) is 0.385. The van der Waals surface area contributed by atoms with Gasteiger partial charge in [0.15, 0.2) is 0 Å². The van der Waals surface area contributed by atoms with Gasteiger partial charge in [-0.3, -0.25) is 19.5 Å². The lowest BCUT2D eigenvalue weighted by atomic mass is 9.81. The van der Waals surface area contributed by atoms with Gasteiger partial charge in [0.25, 0.3) is 5.84 Å². The molecule has 2 aliphatic heterocycles. The Kier molecular flexibility index (Phi) is 5.60. The Hall–Kier alpha value is -3.28. The average Bonchev–Trinajstić information content (AvgIpc) is 3.42. The van der Waals surface area contributed by atoms with E-state index in [0.29, 0.717) is 19.5 Å². The highest BCUT2D eigenvalue weighted by Crippen LogP contribution is 2.39. The molecule has 0 unspecified atom stereocenters. The lowest BCUT2D eigenvalue weighted by Crippen LogP contribution is -2.71. The number of rotatable bonds is 5. The van der Waals surface area contributed by atoms with Crippen LogP contribution in [0.1, 0.15) is 36.8 Å². The van der Waals surface area contributed by atoms with Crippen molar-refractivity contribution < 1.29 is 19.4 Å². The number of amides is 3. The zero-order valence-corrected chi connectivity index (χ0v) is 18.1. The molecule has 2 heterocycles. The standard InChI is InChI=1S/C26H27N3O3/c30-24-20-13-7-8-14-21(20)25(31)29(24)22(17-18-9-3-1-4-10-18)26(32)28-16-15-27-23(28)19-11-5-2-6-12-19/h1-6,9-12,20-22H,7-8,13-17H2/p+1/t20-,21-,22-/m0/s1. The fourth-order valence-corrected chi connectivity index (χ4v) is 5.37. The van der Waals surface area contributed by atoms with Gasteiger partial charge in [0.05, 0.1) is 17.4 Å². The molecule has 6 nitrogen and oxygen atoms in total. The normalized spacial score (nSPS) is 23.8. The fourth-order valence-electron chi connectivity index (χ4n) is 5.37. The minimum atomic E-state index is -0.832. The summed E-state index contributed by atoms with van der Waals surface area (Å²) in [6, 6.07) is 18.6. The second-order valence-electron chi connectivity index (χ2n) is 8.88. The van der Waals surface area contributed by atoms with E-state index in [1.165, 1.54) is 4.90 Å². The van der Waals surface area contributed by atoms with E-state index in [1.807, 2.05) is 60.7 Å². The number of carbonyl (C=O) groups is 3. The quantitative estimate of drug-likeness (QED) is 0.724. The van der Waals surface area contributed by atoms with E-state index in [-0.39, 0.29) is 29.6 Å². The van der Waals surface area contributed by atoms with Crippen LogP contribution in [0.4, 0.5) is 0 Å². The number of nitrogens with one attached hydrogen (secondary N) is 1. The predicted octanol–water partition coefficient (Wildman–Crippen LogP) is 1.14. The van der Waals surface area contributed by atoms with E-state index < -0.39 is 6.04 Å². The van der Waals surface area contributed by atoms with Crippen molar-refractivity contribution >= 4 is 23.6 Å². The zero-order valence-electron chi connectivity index (χ0n) is 18.1. The molecule has 1 aliphatic carbocycles. The van der Waals surface area contributed by atoms with Crippen LogP contribution in [0, 0.1) is 11.8 Å². The van der Waals surface area contributed by atoms with Crippen molar-refractivity contribution in [1.29, 1.82) is 0 Å². The smallest absolute Gasteiger partial charge is 0.274 e. The molecule has 2 fully saturated rings. The summed E-state index contributed by atoms with van der Waals surface area (Å²) in [7, 11) is 0. The third kappa shape index (κ3) is 3.64. The van der Waals surface area contributed by atoms with Gasteiger partial charge in [-0.25, -0.2) is 4.79 Å². The van der Waals surface area contributed by atoms with Crippen molar-refractivity contribution in [3.05, 3.63) is 71.8 Å². The van der Waals surface area contributed by atoms with Crippen LogP contribution >= 0.6 is 0 Å². The van der Waals surface area contributed by atoms with E-state index in [0.717, 1.165) is 42.6 Å². The molecular formula is C26H28N3O3+. The molecule has 32 heavy (non-hydrogen) atoms. The molecule has 3 aliphatic rings. The minimum absolute atomic E-state index is 0.164. The Labute approximate surface area is 187 Å². The largest absolute Gasteiger partial charge is 0.333 e. The number of imide groups is 1. The first-order valence-electron chi connectivity index (χ1n) is 11.5. The summed E-state index contributed by atoms with van der Waals surface area (Å²) in [6.45, 7) is 1.15. The van der Waals surface area contributed by atoms with Gasteiger partial charge in [-0.05, 0) is 30.5 Å². The van der Waals surface area contributed by atoms with Crippen molar-refractivity contribution in [2.45, 2.75) is 38.1 Å². The summed E-state index contributed by atoms with van der Waals surface area (Å²) in [6.07, 6.45) is 3.74. The highest BCUT2D eigenvalue weighted by molar-refractivity contribution is 6.12. The summed E-state index contributed by atoms with van der Waals surface area (Å²) >= 11 is 0. The first kappa shape index (κ1) is 20.6. The van der Waals surface area contributed by atoms with Crippen molar-refractivity contribution in [3.8, 4) is 0 Å². The Bertz CT molecular complexity index is 1030. The van der Waals surface area contributed by atoms with Gasteiger partial charge in [-0.15, -0.1) is 0 Å². The SMILES string of the molecule is O=C([C@H](Cc1ccccc1)N1C(=O)[C@H]2CCCC[C@@H]2C1=O)N1CC[NH+]=C1c1ccccc1. The van der Waals surface area contributed by atoms with Gasteiger partial charge in [0.1, 0.15) is 19.1 Å². The van der Waals surface area contributed by atoms with Crippen LogP contribution in [0.5, 0.6) is 0 Å². The van der Waals surface area contributed by atoms with Crippen LogP contribution in [-0.2, 0) is 20.8 Å². The molecule has 6 heteroatoms. The molecule has 2 aromatic carbocycles. The number of hydrogen-bond acceptors (Lipinski definition) is 3. The second kappa shape index (κ2) is 8.69. The monoisotopic (exact) mass is 430 g/mol. The molecule has 0 bridgehead atoms. The number of benzene rings is 2. The summed E-state index contributed by atoms with van der Waals surface area (Å²) in [5, 5.41) is 0. The highest BCUT2D eigenvalue weighted by atomic mass is 16.2. The Balaban J connectivity index is 1.49. The molecule has 0 aromatic heterocycles. The number of amidine groups is 1. The zero-order chi connectivity index (χ0) is 22.1. The first-order chi connectivity index (χ1) is 15.6.